The molecule has 116 valence electrons. The van der Waals surface area contributed by atoms with E-state index in [1.165, 1.54) is 6.20 Å². The standard InChI is InChI=1S/C14H23N5O2/c1-5-15-14-16-7-12(19(20)21)13(17-14)18-8-9(2)6-10(3)11(18)4/h7,9-11H,5-6,8H2,1-4H3,(H,15,16,17). The van der Waals surface area contributed by atoms with Crippen LogP contribution in [0.1, 0.15) is 34.1 Å². The van der Waals surface area contributed by atoms with Crippen molar-refractivity contribution in [3.63, 3.8) is 0 Å². The van der Waals surface area contributed by atoms with Crippen molar-refractivity contribution in [1.82, 2.24) is 9.97 Å². The number of nitrogens with zero attached hydrogens (tertiary/aromatic N) is 4. The highest BCUT2D eigenvalue weighted by Crippen LogP contribution is 2.35. The zero-order valence-corrected chi connectivity index (χ0v) is 13.0. The first kappa shape index (κ1) is 15.5. The van der Waals surface area contributed by atoms with E-state index in [4.69, 9.17) is 0 Å². The lowest BCUT2D eigenvalue weighted by molar-refractivity contribution is -0.384. The molecule has 0 bridgehead atoms. The van der Waals surface area contributed by atoms with Gasteiger partial charge in [-0.1, -0.05) is 13.8 Å². The van der Waals surface area contributed by atoms with Crippen molar-refractivity contribution in [3.05, 3.63) is 16.3 Å². The number of nitrogens with one attached hydrogen (secondary N) is 1. The molecule has 1 N–H and O–H groups in total. The molecule has 3 unspecified atom stereocenters. The molecular weight excluding hydrogens is 270 g/mol. The van der Waals surface area contributed by atoms with Gasteiger partial charge in [-0.25, -0.2) is 4.98 Å². The van der Waals surface area contributed by atoms with E-state index < -0.39 is 4.92 Å². The van der Waals surface area contributed by atoms with Crippen LogP contribution < -0.4 is 10.2 Å². The van der Waals surface area contributed by atoms with Gasteiger partial charge in [-0.2, -0.15) is 4.98 Å². The van der Waals surface area contributed by atoms with E-state index in [9.17, 15) is 10.1 Å². The Morgan fingerprint density at radius 3 is 2.81 bits per heavy atom. The lowest BCUT2D eigenvalue weighted by Crippen LogP contribution is -2.46. The second-order valence-corrected chi connectivity index (χ2v) is 5.90. The van der Waals surface area contributed by atoms with Gasteiger partial charge in [0, 0.05) is 19.1 Å². The Bertz CT molecular complexity index is 522. The zero-order valence-electron chi connectivity index (χ0n) is 13.0. The Morgan fingerprint density at radius 2 is 2.19 bits per heavy atom. The van der Waals surface area contributed by atoms with Crippen molar-refractivity contribution < 1.29 is 4.92 Å². The van der Waals surface area contributed by atoms with Crippen LogP contribution in [-0.4, -0.2) is 34.0 Å². The fraction of sp³-hybridized carbons (Fsp3) is 0.714. The third kappa shape index (κ3) is 3.22. The topological polar surface area (TPSA) is 84.2 Å². The van der Waals surface area contributed by atoms with Gasteiger partial charge in [0.15, 0.2) is 0 Å². The van der Waals surface area contributed by atoms with E-state index in [1.807, 2.05) is 6.92 Å². The normalized spacial score (nSPS) is 25.7. The van der Waals surface area contributed by atoms with Crippen molar-refractivity contribution in [1.29, 1.82) is 0 Å². The van der Waals surface area contributed by atoms with E-state index in [2.05, 4.69) is 41.0 Å². The number of nitro groups is 1. The maximum Gasteiger partial charge on any atom is 0.329 e. The molecule has 3 atom stereocenters. The maximum atomic E-state index is 11.3. The summed E-state index contributed by atoms with van der Waals surface area (Å²) in [5.74, 6) is 1.84. The number of rotatable bonds is 4. The van der Waals surface area contributed by atoms with E-state index in [0.29, 0.717) is 30.1 Å². The largest absolute Gasteiger partial charge is 0.354 e. The molecule has 1 fully saturated rings. The van der Waals surface area contributed by atoms with Crippen molar-refractivity contribution in [2.75, 3.05) is 23.3 Å². The highest BCUT2D eigenvalue weighted by atomic mass is 16.6. The number of hydrogen-bond acceptors (Lipinski definition) is 6. The van der Waals surface area contributed by atoms with Gasteiger partial charge in [-0.15, -0.1) is 0 Å². The first-order chi connectivity index (χ1) is 9.93. The van der Waals surface area contributed by atoms with Gasteiger partial charge < -0.3 is 10.2 Å². The van der Waals surface area contributed by atoms with Gasteiger partial charge in [-0.3, -0.25) is 10.1 Å². The van der Waals surface area contributed by atoms with E-state index in [-0.39, 0.29) is 11.7 Å². The first-order valence-corrected chi connectivity index (χ1v) is 7.46. The monoisotopic (exact) mass is 293 g/mol. The van der Waals surface area contributed by atoms with E-state index in [1.54, 1.807) is 0 Å². The van der Waals surface area contributed by atoms with Crippen LogP contribution in [0.2, 0.25) is 0 Å². The quantitative estimate of drug-likeness (QED) is 0.678. The Morgan fingerprint density at radius 1 is 1.48 bits per heavy atom. The van der Waals surface area contributed by atoms with Gasteiger partial charge in [-0.05, 0) is 32.1 Å². The first-order valence-electron chi connectivity index (χ1n) is 7.46. The van der Waals surface area contributed by atoms with Gasteiger partial charge in [0.25, 0.3) is 0 Å². The second kappa shape index (κ2) is 6.24. The summed E-state index contributed by atoms with van der Waals surface area (Å²) < 4.78 is 0. The summed E-state index contributed by atoms with van der Waals surface area (Å²) >= 11 is 0. The molecule has 1 aromatic rings. The molecule has 1 aliphatic rings. The van der Waals surface area contributed by atoms with Crippen LogP contribution in [0.15, 0.2) is 6.20 Å². The van der Waals surface area contributed by atoms with Crippen LogP contribution in [-0.2, 0) is 0 Å². The average molecular weight is 293 g/mol. The van der Waals surface area contributed by atoms with Crippen molar-refractivity contribution >= 4 is 17.5 Å². The summed E-state index contributed by atoms with van der Waals surface area (Å²) in [5.41, 5.74) is -0.0233. The zero-order chi connectivity index (χ0) is 15.6. The third-order valence-corrected chi connectivity index (χ3v) is 4.15. The molecular formula is C14H23N5O2. The third-order valence-electron chi connectivity index (χ3n) is 4.15. The smallest absolute Gasteiger partial charge is 0.329 e. The van der Waals surface area contributed by atoms with Crippen molar-refractivity contribution in [2.24, 2.45) is 11.8 Å². The second-order valence-electron chi connectivity index (χ2n) is 5.90. The predicted molar refractivity (Wildman–Crippen MR) is 82.6 cm³/mol. The lowest BCUT2D eigenvalue weighted by atomic mass is 9.86. The van der Waals surface area contributed by atoms with Gasteiger partial charge in [0.2, 0.25) is 11.8 Å². The molecule has 21 heavy (non-hydrogen) atoms. The molecule has 0 radical (unpaired) electrons. The molecule has 0 aliphatic carbocycles. The minimum Gasteiger partial charge on any atom is -0.354 e. The molecule has 0 spiro atoms. The highest BCUT2D eigenvalue weighted by Gasteiger charge is 2.34. The molecule has 0 amide bonds. The Balaban J connectivity index is 2.43. The molecule has 1 aliphatic heterocycles. The molecule has 0 saturated carbocycles. The van der Waals surface area contributed by atoms with Crippen LogP contribution in [0, 0.1) is 22.0 Å². The van der Waals surface area contributed by atoms with Crippen molar-refractivity contribution in [2.45, 2.75) is 40.2 Å². The Labute approximate surface area is 124 Å². The number of aromatic nitrogens is 2. The molecule has 1 aromatic heterocycles. The summed E-state index contributed by atoms with van der Waals surface area (Å²) in [6.45, 7) is 9.88. The van der Waals surface area contributed by atoms with Gasteiger partial charge >= 0.3 is 5.69 Å². The number of hydrogen-bond donors (Lipinski definition) is 1. The maximum absolute atomic E-state index is 11.3. The van der Waals surface area contributed by atoms with E-state index in [0.717, 1.165) is 13.0 Å². The average Bonchev–Trinajstić information content (AvgIpc) is 2.43. The lowest BCUT2D eigenvalue weighted by Gasteiger charge is -2.41. The summed E-state index contributed by atoms with van der Waals surface area (Å²) in [5, 5.41) is 14.3. The fourth-order valence-corrected chi connectivity index (χ4v) is 2.94. The molecule has 0 aromatic carbocycles. The Kier molecular flexibility index (Phi) is 4.59. The summed E-state index contributed by atoms with van der Waals surface area (Å²) in [7, 11) is 0. The van der Waals surface area contributed by atoms with E-state index >= 15 is 0 Å². The van der Waals surface area contributed by atoms with Crippen LogP contribution in [0.3, 0.4) is 0 Å². The number of piperidine rings is 1. The SMILES string of the molecule is CCNc1ncc([N+](=O)[O-])c(N2CC(C)CC(C)C2C)n1. The summed E-state index contributed by atoms with van der Waals surface area (Å²) in [4.78, 5) is 21.3. The highest BCUT2D eigenvalue weighted by molar-refractivity contribution is 5.59. The predicted octanol–water partition coefficient (Wildman–Crippen LogP) is 2.69. The van der Waals surface area contributed by atoms with Crippen molar-refractivity contribution in [3.8, 4) is 0 Å². The van der Waals surface area contributed by atoms with Crippen LogP contribution in [0.4, 0.5) is 17.5 Å². The minimum absolute atomic E-state index is 0.0233. The molecule has 2 heterocycles. The molecule has 1 saturated heterocycles. The fourth-order valence-electron chi connectivity index (χ4n) is 2.94. The summed E-state index contributed by atoms with van der Waals surface area (Å²) in [6.07, 6.45) is 2.44. The minimum atomic E-state index is -0.401. The summed E-state index contributed by atoms with van der Waals surface area (Å²) in [6, 6.07) is 0.226. The molecule has 7 nitrogen and oxygen atoms in total. The molecule has 2 rings (SSSR count). The van der Waals surface area contributed by atoms with Crippen LogP contribution in [0.25, 0.3) is 0 Å². The van der Waals surface area contributed by atoms with Crippen LogP contribution in [0.5, 0.6) is 0 Å². The van der Waals surface area contributed by atoms with Gasteiger partial charge in [0.05, 0.1) is 4.92 Å². The van der Waals surface area contributed by atoms with Crippen LogP contribution >= 0.6 is 0 Å². The Hall–Kier alpha value is -1.92. The molecule has 7 heteroatoms. The van der Waals surface area contributed by atoms with Gasteiger partial charge in [0.1, 0.15) is 6.20 Å². The number of anilines is 2.